The van der Waals surface area contributed by atoms with Gasteiger partial charge in [-0.2, -0.15) is 0 Å². The number of amides is 1. The van der Waals surface area contributed by atoms with E-state index in [0.717, 1.165) is 22.7 Å². The van der Waals surface area contributed by atoms with Gasteiger partial charge in [0.05, 0.1) is 11.0 Å². The van der Waals surface area contributed by atoms with Crippen molar-refractivity contribution in [2.45, 2.75) is 39.3 Å². The van der Waals surface area contributed by atoms with Crippen molar-refractivity contribution in [2.24, 2.45) is 5.92 Å². The van der Waals surface area contributed by atoms with E-state index >= 15 is 0 Å². The maximum absolute atomic E-state index is 12.4. The Kier molecular flexibility index (Phi) is 4.90. The molecule has 4 rings (SSSR count). The minimum absolute atomic E-state index is 0.116. The molecule has 2 aromatic heterocycles. The zero-order valence-electron chi connectivity index (χ0n) is 17.3. The second-order valence-corrected chi connectivity index (χ2v) is 8.60. The normalized spacial score (nSPS) is 19.5. The number of aromatic nitrogens is 3. The molecule has 0 unspecified atom stereocenters. The van der Waals surface area contributed by atoms with Crippen LogP contribution in [0.25, 0.3) is 16.9 Å². The minimum Gasteiger partial charge on any atom is -0.444 e. The van der Waals surface area contributed by atoms with Crippen molar-refractivity contribution >= 4 is 22.9 Å². The molecule has 3 heterocycles. The quantitative estimate of drug-likeness (QED) is 0.726. The molecule has 1 fully saturated rings. The molecule has 1 aliphatic rings. The average molecular weight is 393 g/mol. The molecule has 1 saturated heterocycles. The van der Waals surface area contributed by atoms with Gasteiger partial charge < -0.3 is 15.0 Å². The summed E-state index contributed by atoms with van der Waals surface area (Å²) in [5, 5.41) is 3.49. The maximum Gasteiger partial charge on any atom is 0.410 e. The zero-order chi connectivity index (χ0) is 20.6. The third-order valence-corrected chi connectivity index (χ3v) is 5.03. The van der Waals surface area contributed by atoms with Gasteiger partial charge in [0.15, 0.2) is 0 Å². The number of nitrogens with zero attached hydrogens (tertiary/aromatic N) is 4. The van der Waals surface area contributed by atoms with Gasteiger partial charge in [0.2, 0.25) is 0 Å². The lowest BCUT2D eigenvalue weighted by molar-refractivity contribution is 0.0288. The van der Waals surface area contributed by atoms with Gasteiger partial charge in [-0.1, -0.05) is 25.1 Å². The molecule has 1 amide bonds. The van der Waals surface area contributed by atoms with Crippen molar-refractivity contribution in [3.05, 3.63) is 48.8 Å². The molecule has 0 saturated carbocycles. The van der Waals surface area contributed by atoms with E-state index < -0.39 is 5.60 Å². The monoisotopic (exact) mass is 393 g/mol. The Bertz CT molecular complexity index is 1020. The average Bonchev–Trinajstić information content (AvgIpc) is 3.25. The molecular weight excluding hydrogens is 366 g/mol. The number of hydrogen-bond acceptors (Lipinski definition) is 5. The fourth-order valence-electron chi connectivity index (χ4n) is 3.60. The van der Waals surface area contributed by atoms with Gasteiger partial charge in [0.1, 0.15) is 23.6 Å². The molecule has 0 bridgehead atoms. The van der Waals surface area contributed by atoms with Crippen LogP contribution in [0.2, 0.25) is 0 Å². The smallest absolute Gasteiger partial charge is 0.410 e. The number of anilines is 1. The van der Waals surface area contributed by atoms with Crippen LogP contribution in [0.5, 0.6) is 0 Å². The number of carbonyl (C=O) groups excluding carboxylic acids is 1. The summed E-state index contributed by atoms with van der Waals surface area (Å²) in [6.07, 6.45) is 1.53. The summed E-state index contributed by atoms with van der Waals surface area (Å²) in [6, 6.07) is 14.0. The molecule has 1 aliphatic heterocycles. The number of pyridine rings is 1. The van der Waals surface area contributed by atoms with Crippen LogP contribution >= 0.6 is 0 Å². The minimum atomic E-state index is -0.491. The Morgan fingerprint density at radius 2 is 1.93 bits per heavy atom. The summed E-state index contributed by atoms with van der Waals surface area (Å²) >= 11 is 0. The van der Waals surface area contributed by atoms with Crippen LogP contribution < -0.4 is 5.32 Å². The first-order valence-electron chi connectivity index (χ1n) is 9.94. The number of ether oxygens (including phenoxy) is 1. The molecule has 29 heavy (non-hydrogen) atoms. The van der Waals surface area contributed by atoms with E-state index in [4.69, 9.17) is 9.72 Å². The third-order valence-electron chi connectivity index (χ3n) is 5.03. The summed E-state index contributed by atoms with van der Waals surface area (Å²) in [7, 11) is 0. The first-order chi connectivity index (χ1) is 13.8. The predicted octanol–water partition coefficient (Wildman–Crippen LogP) is 4.09. The second kappa shape index (κ2) is 7.39. The third kappa shape index (κ3) is 4.18. The number of imidazole rings is 1. The predicted molar refractivity (Wildman–Crippen MR) is 113 cm³/mol. The SMILES string of the molecule is C[C@@H]1CN(C(=O)OC(C)(C)C)C[C@H]1Nc1cccc(-n2cnc3ccccc32)n1. The van der Waals surface area contributed by atoms with E-state index in [0.29, 0.717) is 19.0 Å². The Labute approximate surface area is 170 Å². The number of likely N-dealkylation sites (tertiary alicyclic amines) is 1. The van der Waals surface area contributed by atoms with Gasteiger partial charge in [-0.15, -0.1) is 0 Å². The van der Waals surface area contributed by atoms with Crippen molar-refractivity contribution < 1.29 is 9.53 Å². The summed E-state index contributed by atoms with van der Waals surface area (Å²) in [5.41, 5.74) is 1.46. The van der Waals surface area contributed by atoms with E-state index in [9.17, 15) is 4.79 Å². The van der Waals surface area contributed by atoms with E-state index in [1.807, 2.05) is 67.8 Å². The molecule has 7 nitrogen and oxygen atoms in total. The van der Waals surface area contributed by atoms with E-state index in [-0.39, 0.29) is 12.1 Å². The zero-order valence-corrected chi connectivity index (χ0v) is 17.3. The van der Waals surface area contributed by atoms with Crippen molar-refractivity contribution in [2.75, 3.05) is 18.4 Å². The highest BCUT2D eigenvalue weighted by Crippen LogP contribution is 2.23. The maximum atomic E-state index is 12.4. The number of benzene rings is 1. The summed E-state index contributed by atoms with van der Waals surface area (Å²) in [6.45, 7) is 9.05. The summed E-state index contributed by atoms with van der Waals surface area (Å²) < 4.78 is 7.49. The second-order valence-electron chi connectivity index (χ2n) is 8.60. The Hall–Kier alpha value is -3.09. The van der Waals surface area contributed by atoms with E-state index in [1.165, 1.54) is 0 Å². The molecule has 2 atom stereocenters. The van der Waals surface area contributed by atoms with E-state index in [1.54, 1.807) is 11.2 Å². The van der Waals surface area contributed by atoms with Crippen molar-refractivity contribution in [1.29, 1.82) is 0 Å². The number of fused-ring (bicyclic) bond motifs is 1. The van der Waals surface area contributed by atoms with Gasteiger partial charge in [-0.25, -0.2) is 14.8 Å². The van der Waals surface area contributed by atoms with Gasteiger partial charge >= 0.3 is 6.09 Å². The number of para-hydroxylation sites is 2. The van der Waals surface area contributed by atoms with Crippen LogP contribution in [0.4, 0.5) is 10.6 Å². The molecule has 0 spiro atoms. The van der Waals surface area contributed by atoms with Crippen LogP contribution in [0.1, 0.15) is 27.7 Å². The molecule has 0 aliphatic carbocycles. The topological polar surface area (TPSA) is 72.3 Å². The molecule has 0 radical (unpaired) electrons. The van der Waals surface area contributed by atoms with Crippen molar-refractivity contribution in [1.82, 2.24) is 19.4 Å². The Morgan fingerprint density at radius 1 is 1.14 bits per heavy atom. The molecule has 152 valence electrons. The van der Waals surface area contributed by atoms with Gasteiger partial charge in [-0.3, -0.25) is 4.57 Å². The lowest BCUT2D eigenvalue weighted by atomic mass is 10.1. The van der Waals surface area contributed by atoms with Gasteiger partial charge in [0.25, 0.3) is 0 Å². The largest absolute Gasteiger partial charge is 0.444 e. The standard InChI is InChI=1S/C22H27N5O2/c1-15-12-26(21(28)29-22(2,3)4)13-17(15)24-19-10-7-11-20(25-19)27-14-23-16-8-5-6-9-18(16)27/h5-11,14-15,17H,12-13H2,1-4H3,(H,24,25)/t15-,17-/m1/s1. The Balaban J connectivity index is 1.49. The van der Waals surface area contributed by atoms with Crippen LogP contribution in [0.3, 0.4) is 0 Å². The highest BCUT2D eigenvalue weighted by molar-refractivity contribution is 5.76. The van der Waals surface area contributed by atoms with Crippen LogP contribution in [-0.2, 0) is 4.74 Å². The fourth-order valence-corrected chi connectivity index (χ4v) is 3.60. The summed E-state index contributed by atoms with van der Waals surface area (Å²) in [5.74, 6) is 1.88. The number of hydrogen-bond donors (Lipinski definition) is 1. The summed E-state index contributed by atoms with van der Waals surface area (Å²) in [4.78, 5) is 23.4. The van der Waals surface area contributed by atoms with E-state index in [2.05, 4.69) is 17.2 Å². The first-order valence-corrected chi connectivity index (χ1v) is 9.94. The molecule has 3 aromatic rings. The number of rotatable bonds is 3. The number of nitrogens with one attached hydrogen (secondary N) is 1. The number of carbonyl (C=O) groups is 1. The molecular formula is C22H27N5O2. The molecule has 7 heteroatoms. The van der Waals surface area contributed by atoms with Gasteiger partial charge in [-0.05, 0) is 51.0 Å². The van der Waals surface area contributed by atoms with Crippen LogP contribution in [0.15, 0.2) is 48.8 Å². The Morgan fingerprint density at radius 3 is 2.72 bits per heavy atom. The molecule has 1 N–H and O–H groups in total. The lowest BCUT2D eigenvalue weighted by Crippen LogP contribution is -2.36. The van der Waals surface area contributed by atoms with Crippen molar-refractivity contribution in [3.8, 4) is 5.82 Å². The fraction of sp³-hybridized carbons (Fsp3) is 0.409. The first kappa shape index (κ1) is 19.2. The van der Waals surface area contributed by atoms with Gasteiger partial charge in [0, 0.05) is 19.1 Å². The highest BCUT2D eigenvalue weighted by atomic mass is 16.6. The lowest BCUT2D eigenvalue weighted by Gasteiger charge is -2.24. The van der Waals surface area contributed by atoms with Crippen LogP contribution in [-0.4, -0.2) is 50.3 Å². The van der Waals surface area contributed by atoms with Crippen LogP contribution in [0, 0.1) is 5.92 Å². The van der Waals surface area contributed by atoms with Crippen molar-refractivity contribution in [3.63, 3.8) is 0 Å². The highest BCUT2D eigenvalue weighted by Gasteiger charge is 2.34. The molecule has 1 aromatic carbocycles.